The Bertz CT molecular complexity index is 1160. The maximum Gasteiger partial charge on any atom is 0.495 e. The molecular formula is C24H23BO2S. The molecule has 1 fully saturated rings. The van der Waals surface area contributed by atoms with Crippen molar-refractivity contribution >= 4 is 44.1 Å². The molecule has 1 saturated heterocycles. The summed E-state index contributed by atoms with van der Waals surface area (Å²) in [4.78, 5) is 0. The topological polar surface area (TPSA) is 18.5 Å². The lowest BCUT2D eigenvalue weighted by Gasteiger charge is -2.32. The number of thiophene rings is 1. The first-order valence-electron chi connectivity index (χ1n) is 9.72. The molecule has 5 rings (SSSR count). The zero-order valence-electron chi connectivity index (χ0n) is 16.7. The molecule has 0 aliphatic carbocycles. The Labute approximate surface area is 170 Å². The van der Waals surface area contributed by atoms with E-state index in [1.165, 1.54) is 31.3 Å². The summed E-state index contributed by atoms with van der Waals surface area (Å²) in [6.07, 6.45) is 0. The lowest BCUT2D eigenvalue weighted by atomic mass is 9.75. The molecule has 0 radical (unpaired) electrons. The number of benzene rings is 3. The van der Waals surface area contributed by atoms with Crippen LogP contribution in [0.5, 0.6) is 0 Å². The smallest absolute Gasteiger partial charge is 0.399 e. The van der Waals surface area contributed by atoms with Gasteiger partial charge in [-0.25, -0.2) is 0 Å². The molecule has 0 unspecified atom stereocenters. The molecule has 0 N–H and O–H groups in total. The quantitative estimate of drug-likeness (QED) is 0.392. The van der Waals surface area contributed by atoms with Crippen LogP contribution in [0.4, 0.5) is 0 Å². The zero-order chi connectivity index (χ0) is 19.5. The summed E-state index contributed by atoms with van der Waals surface area (Å²) in [6, 6.07) is 23.7. The highest BCUT2D eigenvalue weighted by Gasteiger charge is 2.52. The van der Waals surface area contributed by atoms with E-state index in [2.05, 4.69) is 94.4 Å². The maximum absolute atomic E-state index is 6.45. The molecule has 0 atom stereocenters. The Kier molecular flexibility index (Phi) is 3.96. The number of hydrogen-bond acceptors (Lipinski definition) is 3. The lowest BCUT2D eigenvalue weighted by Crippen LogP contribution is -2.41. The third kappa shape index (κ3) is 2.71. The van der Waals surface area contributed by atoms with Crippen LogP contribution in [-0.4, -0.2) is 18.3 Å². The summed E-state index contributed by atoms with van der Waals surface area (Å²) in [5.41, 5.74) is 2.80. The molecule has 0 spiro atoms. The van der Waals surface area contributed by atoms with Crippen LogP contribution in [0, 0.1) is 0 Å². The van der Waals surface area contributed by atoms with Gasteiger partial charge in [0.05, 0.1) is 11.2 Å². The molecule has 2 heterocycles. The van der Waals surface area contributed by atoms with Crippen molar-refractivity contribution in [1.82, 2.24) is 0 Å². The van der Waals surface area contributed by atoms with Crippen LogP contribution in [0.25, 0.3) is 31.3 Å². The zero-order valence-corrected chi connectivity index (χ0v) is 17.5. The largest absolute Gasteiger partial charge is 0.495 e. The summed E-state index contributed by atoms with van der Waals surface area (Å²) >= 11 is 1.83. The Hall–Kier alpha value is -2.14. The first-order valence-corrected chi connectivity index (χ1v) is 10.5. The van der Waals surface area contributed by atoms with E-state index in [4.69, 9.17) is 9.31 Å². The molecule has 140 valence electrons. The molecule has 4 aromatic rings. The molecule has 1 aromatic heterocycles. The van der Waals surface area contributed by atoms with E-state index in [1.807, 2.05) is 11.3 Å². The molecule has 1 aliphatic rings. The highest BCUT2D eigenvalue weighted by atomic mass is 32.1. The minimum atomic E-state index is -0.380. The average Bonchev–Trinajstić information content (AvgIpc) is 3.15. The third-order valence-electron chi connectivity index (χ3n) is 6.12. The van der Waals surface area contributed by atoms with Crippen molar-refractivity contribution in [2.45, 2.75) is 38.9 Å². The van der Waals surface area contributed by atoms with Crippen molar-refractivity contribution in [3.05, 3.63) is 66.7 Å². The summed E-state index contributed by atoms with van der Waals surface area (Å²) in [5, 5.41) is 2.52. The van der Waals surface area contributed by atoms with E-state index >= 15 is 0 Å². The fourth-order valence-corrected chi connectivity index (χ4v) is 5.02. The normalized spacial score (nSPS) is 18.2. The third-order valence-corrected chi connectivity index (χ3v) is 7.24. The molecule has 0 amide bonds. The fourth-order valence-electron chi connectivity index (χ4n) is 3.84. The van der Waals surface area contributed by atoms with Crippen LogP contribution in [0.2, 0.25) is 0 Å². The van der Waals surface area contributed by atoms with Crippen LogP contribution in [0.15, 0.2) is 66.7 Å². The minimum absolute atomic E-state index is 0.363. The Balaban J connectivity index is 1.78. The van der Waals surface area contributed by atoms with Gasteiger partial charge in [-0.15, -0.1) is 11.3 Å². The van der Waals surface area contributed by atoms with E-state index in [-0.39, 0.29) is 18.3 Å². The van der Waals surface area contributed by atoms with Crippen molar-refractivity contribution in [1.29, 1.82) is 0 Å². The van der Waals surface area contributed by atoms with Gasteiger partial charge in [-0.2, -0.15) is 0 Å². The predicted octanol–water partition coefficient (Wildman–Crippen LogP) is 6.02. The first kappa shape index (κ1) is 17.9. The predicted molar refractivity (Wildman–Crippen MR) is 120 cm³/mol. The molecule has 2 nitrogen and oxygen atoms in total. The van der Waals surface area contributed by atoms with Gasteiger partial charge in [0.1, 0.15) is 0 Å². The molecule has 0 bridgehead atoms. The SMILES string of the molecule is CC1(C)OB(c2cc(-c3ccccc3)cc3sc4ccccc4c23)OC1(C)C. The van der Waals surface area contributed by atoms with Crippen LogP contribution in [-0.2, 0) is 9.31 Å². The van der Waals surface area contributed by atoms with Crippen LogP contribution in [0.3, 0.4) is 0 Å². The molecule has 0 saturated carbocycles. The van der Waals surface area contributed by atoms with Gasteiger partial charge in [0.2, 0.25) is 0 Å². The maximum atomic E-state index is 6.45. The molecular weight excluding hydrogens is 363 g/mol. The van der Waals surface area contributed by atoms with E-state index in [1.54, 1.807) is 0 Å². The number of fused-ring (bicyclic) bond motifs is 3. The summed E-state index contributed by atoms with van der Waals surface area (Å²) in [6.45, 7) is 8.43. The molecule has 4 heteroatoms. The highest BCUT2D eigenvalue weighted by Crippen LogP contribution is 2.40. The Morgan fingerprint density at radius 1 is 0.714 bits per heavy atom. The van der Waals surface area contributed by atoms with E-state index in [0.717, 1.165) is 5.46 Å². The van der Waals surface area contributed by atoms with Gasteiger partial charge in [-0.1, -0.05) is 54.6 Å². The lowest BCUT2D eigenvalue weighted by molar-refractivity contribution is 0.00578. The Morgan fingerprint density at radius 3 is 2.07 bits per heavy atom. The van der Waals surface area contributed by atoms with Crippen LogP contribution >= 0.6 is 11.3 Å². The van der Waals surface area contributed by atoms with Crippen molar-refractivity contribution in [2.24, 2.45) is 0 Å². The van der Waals surface area contributed by atoms with E-state index in [9.17, 15) is 0 Å². The van der Waals surface area contributed by atoms with Gasteiger partial charge < -0.3 is 9.31 Å². The van der Waals surface area contributed by atoms with Crippen molar-refractivity contribution in [2.75, 3.05) is 0 Å². The van der Waals surface area contributed by atoms with Gasteiger partial charge >= 0.3 is 7.12 Å². The van der Waals surface area contributed by atoms with E-state index in [0.29, 0.717) is 0 Å². The molecule has 1 aliphatic heterocycles. The standard InChI is InChI=1S/C24H23BO2S/c1-23(2)24(3,4)27-25(26-23)19-14-17(16-10-6-5-7-11-16)15-21-22(19)18-12-8-9-13-20(18)28-21/h5-15H,1-4H3. The van der Waals surface area contributed by atoms with Gasteiger partial charge in [0.25, 0.3) is 0 Å². The van der Waals surface area contributed by atoms with Crippen molar-refractivity contribution in [3.8, 4) is 11.1 Å². The second-order valence-corrected chi connectivity index (χ2v) is 9.57. The van der Waals surface area contributed by atoms with Gasteiger partial charge in [-0.3, -0.25) is 0 Å². The number of hydrogen-bond donors (Lipinski definition) is 0. The van der Waals surface area contributed by atoms with Crippen molar-refractivity contribution in [3.63, 3.8) is 0 Å². The van der Waals surface area contributed by atoms with Crippen LogP contribution < -0.4 is 5.46 Å². The summed E-state index contributed by atoms with van der Waals surface area (Å²) < 4.78 is 15.5. The summed E-state index contributed by atoms with van der Waals surface area (Å²) in [7, 11) is -0.380. The Morgan fingerprint density at radius 2 is 1.36 bits per heavy atom. The molecule has 28 heavy (non-hydrogen) atoms. The van der Waals surface area contributed by atoms with E-state index < -0.39 is 0 Å². The molecule has 3 aromatic carbocycles. The fraction of sp³-hybridized carbons (Fsp3) is 0.250. The second kappa shape index (κ2) is 6.18. The summed E-state index contributed by atoms with van der Waals surface area (Å²) in [5.74, 6) is 0. The van der Waals surface area contributed by atoms with Gasteiger partial charge in [-0.05, 0) is 61.8 Å². The van der Waals surface area contributed by atoms with Crippen LogP contribution in [0.1, 0.15) is 27.7 Å². The van der Waals surface area contributed by atoms with Gasteiger partial charge in [0.15, 0.2) is 0 Å². The minimum Gasteiger partial charge on any atom is -0.399 e. The monoisotopic (exact) mass is 386 g/mol. The first-order chi connectivity index (χ1) is 13.4. The van der Waals surface area contributed by atoms with Crippen molar-refractivity contribution < 1.29 is 9.31 Å². The average molecular weight is 386 g/mol. The second-order valence-electron chi connectivity index (χ2n) is 8.49. The number of rotatable bonds is 2. The highest BCUT2D eigenvalue weighted by molar-refractivity contribution is 7.26. The van der Waals surface area contributed by atoms with Gasteiger partial charge in [0, 0.05) is 14.8 Å².